The van der Waals surface area contributed by atoms with Crippen LogP contribution in [0.25, 0.3) is 0 Å². The second-order valence-corrected chi connectivity index (χ2v) is 4.92. The molecular formula is C15H22FNO. The van der Waals surface area contributed by atoms with E-state index in [0.29, 0.717) is 12.1 Å². The third-order valence-corrected chi connectivity index (χ3v) is 3.49. The molecule has 0 saturated carbocycles. The lowest BCUT2D eigenvalue weighted by Crippen LogP contribution is -2.34. The first kappa shape index (κ1) is 13.5. The van der Waals surface area contributed by atoms with E-state index in [1.165, 1.54) is 6.07 Å². The quantitative estimate of drug-likeness (QED) is 0.839. The molecule has 0 aliphatic carbocycles. The Kier molecular flexibility index (Phi) is 5.14. The zero-order chi connectivity index (χ0) is 12.8. The molecule has 1 aromatic rings. The van der Waals surface area contributed by atoms with Crippen LogP contribution in [0.15, 0.2) is 24.3 Å². The Bertz CT molecular complexity index is 363. The van der Waals surface area contributed by atoms with Crippen molar-refractivity contribution in [3.63, 3.8) is 0 Å². The molecule has 18 heavy (non-hydrogen) atoms. The van der Waals surface area contributed by atoms with Crippen molar-refractivity contribution in [3.05, 3.63) is 35.6 Å². The Balaban J connectivity index is 1.94. The first-order valence-corrected chi connectivity index (χ1v) is 6.88. The van der Waals surface area contributed by atoms with Gasteiger partial charge in [0, 0.05) is 12.6 Å². The fraction of sp³-hybridized carbons (Fsp3) is 0.600. The number of hydrogen-bond donors (Lipinski definition) is 1. The van der Waals surface area contributed by atoms with E-state index in [-0.39, 0.29) is 5.82 Å². The predicted molar refractivity (Wildman–Crippen MR) is 71.2 cm³/mol. The van der Waals surface area contributed by atoms with Crippen LogP contribution in [0.3, 0.4) is 0 Å². The van der Waals surface area contributed by atoms with Crippen LogP contribution in [0.5, 0.6) is 0 Å². The van der Waals surface area contributed by atoms with Gasteiger partial charge >= 0.3 is 0 Å². The number of hydrogen-bond acceptors (Lipinski definition) is 2. The van der Waals surface area contributed by atoms with Crippen molar-refractivity contribution in [1.82, 2.24) is 5.32 Å². The van der Waals surface area contributed by atoms with Crippen molar-refractivity contribution < 1.29 is 9.13 Å². The van der Waals surface area contributed by atoms with Gasteiger partial charge in [-0.1, -0.05) is 25.1 Å². The van der Waals surface area contributed by atoms with E-state index in [2.05, 4.69) is 12.2 Å². The molecule has 1 aliphatic rings. The summed E-state index contributed by atoms with van der Waals surface area (Å²) in [6.45, 7) is 3.87. The molecular weight excluding hydrogens is 229 g/mol. The average molecular weight is 251 g/mol. The van der Waals surface area contributed by atoms with Gasteiger partial charge in [0.2, 0.25) is 0 Å². The fourth-order valence-electron chi connectivity index (χ4n) is 2.60. The van der Waals surface area contributed by atoms with Gasteiger partial charge in [0.1, 0.15) is 5.82 Å². The second-order valence-electron chi connectivity index (χ2n) is 4.92. The van der Waals surface area contributed by atoms with E-state index in [1.807, 2.05) is 12.1 Å². The van der Waals surface area contributed by atoms with E-state index >= 15 is 0 Å². The van der Waals surface area contributed by atoms with Crippen molar-refractivity contribution in [3.8, 4) is 0 Å². The molecule has 2 nitrogen and oxygen atoms in total. The van der Waals surface area contributed by atoms with Crippen molar-refractivity contribution in [2.45, 2.75) is 44.8 Å². The zero-order valence-electron chi connectivity index (χ0n) is 11.0. The van der Waals surface area contributed by atoms with E-state index in [1.54, 1.807) is 6.07 Å². The first-order valence-electron chi connectivity index (χ1n) is 6.88. The lowest BCUT2D eigenvalue weighted by atomic mass is 9.99. The lowest BCUT2D eigenvalue weighted by Gasteiger charge is -2.21. The minimum atomic E-state index is -0.104. The largest absolute Gasteiger partial charge is 0.378 e. The van der Waals surface area contributed by atoms with Crippen LogP contribution >= 0.6 is 0 Å². The summed E-state index contributed by atoms with van der Waals surface area (Å²) in [5.41, 5.74) is 0.793. The molecule has 2 unspecified atom stereocenters. The van der Waals surface area contributed by atoms with Gasteiger partial charge in [-0.25, -0.2) is 4.39 Å². The van der Waals surface area contributed by atoms with Crippen molar-refractivity contribution in [2.75, 3.05) is 13.2 Å². The Labute approximate surface area is 109 Å². The maximum atomic E-state index is 13.6. The van der Waals surface area contributed by atoms with Gasteiger partial charge in [0.05, 0.1) is 6.10 Å². The molecule has 1 N–H and O–H groups in total. The van der Waals surface area contributed by atoms with Crippen LogP contribution in [0, 0.1) is 5.82 Å². The molecule has 1 heterocycles. The summed E-state index contributed by atoms with van der Waals surface area (Å²) in [6.07, 6.45) is 4.35. The third-order valence-electron chi connectivity index (χ3n) is 3.49. The van der Waals surface area contributed by atoms with Crippen molar-refractivity contribution in [1.29, 1.82) is 0 Å². The number of nitrogens with one attached hydrogen (secondary N) is 1. The summed E-state index contributed by atoms with van der Waals surface area (Å²) in [4.78, 5) is 0. The van der Waals surface area contributed by atoms with Crippen LogP contribution in [-0.4, -0.2) is 25.3 Å². The van der Waals surface area contributed by atoms with E-state index in [0.717, 1.165) is 44.4 Å². The van der Waals surface area contributed by atoms with E-state index < -0.39 is 0 Å². The summed E-state index contributed by atoms with van der Waals surface area (Å²) < 4.78 is 19.3. The summed E-state index contributed by atoms with van der Waals surface area (Å²) in [7, 11) is 0. The Hall–Kier alpha value is -0.930. The molecule has 1 aromatic carbocycles. The number of likely N-dealkylation sites (N-methyl/N-ethyl adjacent to an activating group) is 1. The standard InChI is InChI=1S/C15H22FNO/c1-2-17-13(11-14-7-5-9-18-14)10-12-6-3-4-8-15(12)16/h3-4,6,8,13-14,17H,2,5,7,9-11H2,1H3. The van der Waals surface area contributed by atoms with Crippen LogP contribution in [0.2, 0.25) is 0 Å². The molecule has 0 bridgehead atoms. The van der Waals surface area contributed by atoms with Crippen LogP contribution in [0.4, 0.5) is 4.39 Å². The van der Waals surface area contributed by atoms with Gasteiger partial charge in [-0.2, -0.15) is 0 Å². The van der Waals surface area contributed by atoms with Gasteiger partial charge in [0.25, 0.3) is 0 Å². The monoisotopic (exact) mass is 251 g/mol. The molecule has 0 amide bonds. The predicted octanol–water partition coefficient (Wildman–Crippen LogP) is 2.92. The SMILES string of the molecule is CCNC(Cc1ccccc1F)CC1CCCO1. The highest BCUT2D eigenvalue weighted by atomic mass is 19.1. The minimum absolute atomic E-state index is 0.104. The smallest absolute Gasteiger partial charge is 0.126 e. The topological polar surface area (TPSA) is 21.3 Å². The van der Waals surface area contributed by atoms with Gasteiger partial charge in [-0.3, -0.25) is 0 Å². The zero-order valence-corrected chi connectivity index (χ0v) is 11.0. The third kappa shape index (κ3) is 3.79. The van der Waals surface area contributed by atoms with Crippen LogP contribution in [0.1, 0.15) is 31.7 Å². The molecule has 1 aliphatic heterocycles. The van der Waals surface area contributed by atoms with E-state index in [4.69, 9.17) is 4.74 Å². The first-order chi connectivity index (χ1) is 8.79. The molecule has 2 atom stereocenters. The summed E-state index contributed by atoms with van der Waals surface area (Å²) >= 11 is 0. The van der Waals surface area contributed by atoms with Crippen molar-refractivity contribution in [2.24, 2.45) is 0 Å². The van der Waals surface area contributed by atoms with Crippen LogP contribution in [-0.2, 0) is 11.2 Å². The van der Waals surface area contributed by atoms with Crippen LogP contribution < -0.4 is 5.32 Å². The van der Waals surface area contributed by atoms with Gasteiger partial charge in [-0.15, -0.1) is 0 Å². The number of ether oxygens (including phenoxy) is 1. The lowest BCUT2D eigenvalue weighted by molar-refractivity contribution is 0.0947. The highest BCUT2D eigenvalue weighted by molar-refractivity contribution is 5.18. The highest BCUT2D eigenvalue weighted by Gasteiger charge is 2.21. The van der Waals surface area contributed by atoms with Gasteiger partial charge in [0.15, 0.2) is 0 Å². The van der Waals surface area contributed by atoms with E-state index in [9.17, 15) is 4.39 Å². The summed E-state index contributed by atoms with van der Waals surface area (Å²) in [6, 6.07) is 7.34. The highest BCUT2D eigenvalue weighted by Crippen LogP contribution is 2.19. The van der Waals surface area contributed by atoms with Gasteiger partial charge in [-0.05, 0) is 43.9 Å². The molecule has 3 heteroatoms. The number of benzene rings is 1. The van der Waals surface area contributed by atoms with Crippen molar-refractivity contribution >= 4 is 0 Å². The van der Waals surface area contributed by atoms with Gasteiger partial charge < -0.3 is 10.1 Å². The fourth-order valence-corrected chi connectivity index (χ4v) is 2.60. The number of rotatable bonds is 6. The summed E-state index contributed by atoms with van der Waals surface area (Å²) in [5.74, 6) is -0.104. The Morgan fingerprint density at radius 2 is 2.28 bits per heavy atom. The maximum absolute atomic E-state index is 13.6. The molecule has 0 radical (unpaired) electrons. The normalized spacial score (nSPS) is 21.1. The Morgan fingerprint density at radius 3 is 2.94 bits per heavy atom. The minimum Gasteiger partial charge on any atom is -0.378 e. The number of halogens is 1. The molecule has 1 saturated heterocycles. The average Bonchev–Trinajstić information content (AvgIpc) is 2.85. The molecule has 0 aromatic heterocycles. The molecule has 0 spiro atoms. The summed E-state index contributed by atoms with van der Waals surface area (Å²) in [5, 5.41) is 3.44. The molecule has 2 rings (SSSR count). The Morgan fingerprint density at radius 1 is 1.44 bits per heavy atom. The second kappa shape index (κ2) is 6.86. The molecule has 100 valence electrons. The maximum Gasteiger partial charge on any atom is 0.126 e. The molecule has 1 fully saturated rings.